The van der Waals surface area contributed by atoms with Gasteiger partial charge in [0.1, 0.15) is 19.0 Å². The number of nitrogens with zero attached hydrogens (tertiary/aromatic N) is 1. The Bertz CT molecular complexity index is 1570. The zero-order valence-corrected chi connectivity index (χ0v) is 22.9. The van der Waals surface area contributed by atoms with E-state index in [9.17, 15) is 9.59 Å². The number of amides is 2. The molecule has 2 amide bonds. The molecule has 0 unspecified atom stereocenters. The molecule has 7 heteroatoms. The fraction of sp³-hybridized carbons (Fsp3) is 0.188. The number of thioether (sulfide) groups is 1. The van der Waals surface area contributed by atoms with E-state index in [2.05, 4.69) is 18.2 Å². The molecule has 0 aliphatic carbocycles. The summed E-state index contributed by atoms with van der Waals surface area (Å²) in [5.41, 5.74) is 3.91. The van der Waals surface area contributed by atoms with Crippen molar-refractivity contribution in [2.75, 3.05) is 20.3 Å². The summed E-state index contributed by atoms with van der Waals surface area (Å²) in [5, 5.41) is 2.00. The lowest BCUT2D eigenvalue weighted by atomic mass is 10.1. The van der Waals surface area contributed by atoms with Gasteiger partial charge in [0, 0.05) is 0 Å². The van der Waals surface area contributed by atoms with E-state index in [1.54, 1.807) is 19.3 Å². The molecule has 0 saturated carbocycles. The molecule has 39 heavy (non-hydrogen) atoms. The number of aryl methyl sites for hydroxylation is 2. The first-order chi connectivity index (χ1) is 18.9. The second-order valence-electron chi connectivity index (χ2n) is 9.29. The predicted molar refractivity (Wildman–Crippen MR) is 155 cm³/mol. The van der Waals surface area contributed by atoms with Crippen LogP contribution >= 0.6 is 11.8 Å². The van der Waals surface area contributed by atoms with Crippen molar-refractivity contribution in [1.82, 2.24) is 4.90 Å². The first-order valence-electron chi connectivity index (χ1n) is 12.7. The van der Waals surface area contributed by atoms with Crippen LogP contribution in [0.5, 0.6) is 17.2 Å². The average molecular weight is 540 g/mol. The van der Waals surface area contributed by atoms with Crippen molar-refractivity contribution in [2.45, 2.75) is 20.5 Å². The van der Waals surface area contributed by atoms with Crippen LogP contribution in [0.2, 0.25) is 0 Å². The van der Waals surface area contributed by atoms with Crippen LogP contribution in [0.4, 0.5) is 4.79 Å². The Morgan fingerprint density at radius 3 is 2.51 bits per heavy atom. The van der Waals surface area contributed by atoms with Crippen molar-refractivity contribution in [3.63, 3.8) is 0 Å². The zero-order valence-electron chi connectivity index (χ0n) is 22.1. The largest absolute Gasteiger partial charge is 0.493 e. The minimum atomic E-state index is -0.329. The van der Waals surface area contributed by atoms with Gasteiger partial charge in [0.05, 0.1) is 18.6 Å². The summed E-state index contributed by atoms with van der Waals surface area (Å²) < 4.78 is 17.5. The quantitative estimate of drug-likeness (QED) is 0.210. The fourth-order valence-corrected chi connectivity index (χ4v) is 5.29. The Kier molecular flexibility index (Phi) is 7.89. The molecule has 0 atom stereocenters. The van der Waals surface area contributed by atoms with E-state index in [1.807, 2.05) is 68.4 Å². The van der Waals surface area contributed by atoms with Crippen LogP contribution in [0.15, 0.2) is 83.8 Å². The van der Waals surface area contributed by atoms with Crippen LogP contribution in [-0.4, -0.2) is 36.3 Å². The maximum atomic E-state index is 13.0. The lowest BCUT2D eigenvalue weighted by Gasteiger charge is -2.14. The summed E-state index contributed by atoms with van der Waals surface area (Å²) in [6.45, 7) is 4.75. The van der Waals surface area contributed by atoms with Gasteiger partial charge in [0.2, 0.25) is 0 Å². The molecule has 6 nitrogen and oxygen atoms in total. The molecule has 0 aromatic heterocycles. The number of methoxy groups -OCH3 is 1. The molecule has 0 bridgehead atoms. The summed E-state index contributed by atoms with van der Waals surface area (Å²) in [4.78, 5) is 27.1. The molecule has 4 aromatic rings. The first-order valence-corrected chi connectivity index (χ1v) is 13.5. The highest BCUT2D eigenvalue weighted by Gasteiger charge is 2.34. The molecule has 1 saturated heterocycles. The second kappa shape index (κ2) is 11.7. The maximum absolute atomic E-state index is 13.0. The molecule has 1 aliphatic heterocycles. The fourth-order valence-electron chi connectivity index (χ4n) is 4.42. The number of hydrogen-bond acceptors (Lipinski definition) is 6. The number of rotatable bonds is 9. The van der Waals surface area contributed by atoms with E-state index in [0.717, 1.165) is 50.5 Å². The van der Waals surface area contributed by atoms with Gasteiger partial charge in [-0.3, -0.25) is 14.5 Å². The number of imide groups is 1. The van der Waals surface area contributed by atoms with Crippen molar-refractivity contribution in [1.29, 1.82) is 0 Å². The molecule has 0 spiro atoms. The minimum absolute atomic E-state index is 0.180. The number of benzene rings is 4. The van der Waals surface area contributed by atoms with Crippen LogP contribution in [0.25, 0.3) is 16.8 Å². The van der Waals surface area contributed by atoms with Gasteiger partial charge in [-0.2, -0.15) is 0 Å². The first kappa shape index (κ1) is 26.4. The van der Waals surface area contributed by atoms with Gasteiger partial charge in [0.15, 0.2) is 11.5 Å². The molecular weight excluding hydrogens is 510 g/mol. The van der Waals surface area contributed by atoms with Crippen LogP contribution in [0, 0.1) is 13.8 Å². The highest BCUT2D eigenvalue weighted by molar-refractivity contribution is 8.18. The number of ether oxygens (including phenoxy) is 3. The Morgan fingerprint density at radius 2 is 1.67 bits per heavy atom. The van der Waals surface area contributed by atoms with Crippen molar-refractivity contribution >= 4 is 39.8 Å². The topological polar surface area (TPSA) is 65.1 Å². The van der Waals surface area contributed by atoms with E-state index in [4.69, 9.17) is 14.2 Å². The number of carbonyl (C=O) groups is 2. The second-order valence-corrected chi connectivity index (χ2v) is 10.3. The van der Waals surface area contributed by atoms with Gasteiger partial charge >= 0.3 is 0 Å². The standard InChI is InChI=1S/C32H29NO5S/c1-21-11-12-22(2)28(17-21)37-16-15-33-31(34)30(39-32(33)35)19-23-13-14-27(29(18-23)36-3)38-20-25-9-6-8-24-7-4-5-10-26(24)25/h4-14,17-19H,15-16,20H2,1-3H3/b30-19-. The summed E-state index contributed by atoms with van der Waals surface area (Å²) in [7, 11) is 1.58. The van der Waals surface area contributed by atoms with Gasteiger partial charge in [0.25, 0.3) is 11.1 Å². The monoisotopic (exact) mass is 539 g/mol. The summed E-state index contributed by atoms with van der Waals surface area (Å²) in [6.07, 6.45) is 1.70. The molecule has 1 aliphatic rings. The number of carbonyl (C=O) groups excluding carboxylic acids is 2. The van der Waals surface area contributed by atoms with Gasteiger partial charge in [-0.25, -0.2) is 0 Å². The van der Waals surface area contributed by atoms with Crippen LogP contribution < -0.4 is 14.2 Å². The smallest absolute Gasteiger partial charge is 0.293 e. The van der Waals surface area contributed by atoms with E-state index in [0.29, 0.717) is 23.0 Å². The molecule has 5 rings (SSSR count). The minimum Gasteiger partial charge on any atom is -0.493 e. The lowest BCUT2D eigenvalue weighted by molar-refractivity contribution is -0.123. The van der Waals surface area contributed by atoms with Gasteiger partial charge in [-0.15, -0.1) is 0 Å². The number of fused-ring (bicyclic) bond motifs is 1. The Balaban J connectivity index is 1.25. The molecule has 198 valence electrons. The summed E-state index contributed by atoms with van der Waals surface area (Å²) in [6, 6.07) is 25.8. The van der Waals surface area contributed by atoms with E-state index < -0.39 is 0 Å². The summed E-state index contributed by atoms with van der Waals surface area (Å²) >= 11 is 0.926. The Morgan fingerprint density at radius 1 is 0.846 bits per heavy atom. The lowest BCUT2D eigenvalue weighted by Crippen LogP contribution is -2.32. The molecule has 4 aromatic carbocycles. The van der Waals surface area contributed by atoms with Crippen molar-refractivity contribution in [3.8, 4) is 17.2 Å². The Labute approximate surface area is 232 Å². The number of hydrogen-bond donors (Lipinski definition) is 0. The van der Waals surface area contributed by atoms with E-state index in [1.165, 1.54) is 4.90 Å². The van der Waals surface area contributed by atoms with Crippen molar-refractivity contribution < 1.29 is 23.8 Å². The normalized spacial score (nSPS) is 14.3. The third-order valence-electron chi connectivity index (χ3n) is 6.54. The van der Waals surface area contributed by atoms with E-state index in [-0.39, 0.29) is 24.3 Å². The molecule has 1 heterocycles. The molecule has 1 fully saturated rings. The zero-order chi connectivity index (χ0) is 27.4. The Hall–Kier alpha value is -4.23. The van der Waals surface area contributed by atoms with Gasteiger partial charge < -0.3 is 14.2 Å². The third kappa shape index (κ3) is 5.94. The van der Waals surface area contributed by atoms with Crippen LogP contribution in [0.1, 0.15) is 22.3 Å². The van der Waals surface area contributed by atoms with Gasteiger partial charge in [-0.1, -0.05) is 60.7 Å². The molecule has 0 N–H and O–H groups in total. The SMILES string of the molecule is COc1cc(/C=C2\SC(=O)N(CCOc3cc(C)ccc3C)C2=O)ccc1OCc1cccc2ccccc12. The van der Waals surface area contributed by atoms with Crippen molar-refractivity contribution in [3.05, 3.63) is 106 Å². The third-order valence-corrected chi connectivity index (χ3v) is 7.45. The molecule has 0 radical (unpaired) electrons. The highest BCUT2D eigenvalue weighted by atomic mass is 32.2. The van der Waals surface area contributed by atoms with Crippen LogP contribution in [0.3, 0.4) is 0 Å². The highest BCUT2D eigenvalue weighted by Crippen LogP contribution is 2.35. The van der Waals surface area contributed by atoms with Crippen LogP contribution in [-0.2, 0) is 11.4 Å². The predicted octanol–water partition coefficient (Wildman–Crippen LogP) is 7.16. The van der Waals surface area contributed by atoms with E-state index >= 15 is 0 Å². The van der Waals surface area contributed by atoms with Gasteiger partial charge in [-0.05, 0) is 82.9 Å². The van der Waals surface area contributed by atoms with Crippen molar-refractivity contribution in [2.24, 2.45) is 0 Å². The molecular formula is C32H29NO5S. The average Bonchev–Trinajstić information content (AvgIpc) is 3.21. The summed E-state index contributed by atoms with van der Waals surface area (Å²) in [5.74, 6) is 1.57. The maximum Gasteiger partial charge on any atom is 0.293 e.